The lowest BCUT2D eigenvalue weighted by Crippen LogP contribution is -2.29. The summed E-state index contributed by atoms with van der Waals surface area (Å²) in [6, 6.07) is 5.31. The minimum absolute atomic E-state index is 0.0603. The van der Waals surface area contributed by atoms with Crippen molar-refractivity contribution in [1.82, 2.24) is 0 Å². The Morgan fingerprint density at radius 2 is 1.83 bits per heavy atom. The molecule has 1 rings (SSSR count). The number of ketones is 1. The van der Waals surface area contributed by atoms with E-state index < -0.39 is 15.1 Å². The van der Waals surface area contributed by atoms with Gasteiger partial charge in [-0.1, -0.05) is 19.1 Å². The fourth-order valence-corrected chi connectivity index (χ4v) is 3.14. The standard InChI is InChI=1S/C14H20O3S/c1-5-8-18(16,17)12(4)14(15)13-7-6-10(2)11(3)9-13/h6-7,9,12H,5,8H2,1-4H3. The molecule has 0 aliphatic rings. The predicted octanol–water partition coefficient (Wildman–Crippen LogP) is 2.70. The van der Waals surface area contributed by atoms with Crippen LogP contribution in [0.15, 0.2) is 18.2 Å². The van der Waals surface area contributed by atoms with Crippen LogP contribution in [0.2, 0.25) is 0 Å². The van der Waals surface area contributed by atoms with E-state index in [1.807, 2.05) is 19.9 Å². The van der Waals surface area contributed by atoms with Gasteiger partial charge in [-0.25, -0.2) is 8.42 Å². The third-order valence-corrected chi connectivity index (χ3v) is 5.46. The molecular formula is C14H20O3S. The number of benzene rings is 1. The van der Waals surface area contributed by atoms with E-state index in [1.54, 1.807) is 19.1 Å². The molecule has 18 heavy (non-hydrogen) atoms. The average molecular weight is 268 g/mol. The maximum atomic E-state index is 12.2. The van der Waals surface area contributed by atoms with Crippen molar-refractivity contribution in [1.29, 1.82) is 0 Å². The lowest BCUT2D eigenvalue weighted by molar-refractivity contribution is 0.0991. The maximum absolute atomic E-state index is 12.2. The van der Waals surface area contributed by atoms with Crippen molar-refractivity contribution in [3.8, 4) is 0 Å². The molecule has 100 valence electrons. The first-order valence-electron chi connectivity index (χ1n) is 6.12. The molecule has 0 aliphatic carbocycles. The summed E-state index contributed by atoms with van der Waals surface area (Å²) < 4.78 is 23.8. The molecule has 1 aromatic rings. The fourth-order valence-electron chi connectivity index (χ4n) is 1.75. The maximum Gasteiger partial charge on any atom is 0.180 e. The molecule has 0 aromatic heterocycles. The molecule has 3 nitrogen and oxygen atoms in total. The van der Waals surface area contributed by atoms with E-state index in [9.17, 15) is 13.2 Å². The molecule has 0 aliphatic heterocycles. The van der Waals surface area contributed by atoms with Crippen molar-refractivity contribution in [2.75, 3.05) is 5.75 Å². The van der Waals surface area contributed by atoms with Crippen LogP contribution in [0, 0.1) is 13.8 Å². The molecule has 1 aromatic carbocycles. The van der Waals surface area contributed by atoms with Crippen molar-refractivity contribution < 1.29 is 13.2 Å². The van der Waals surface area contributed by atoms with E-state index in [2.05, 4.69) is 0 Å². The van der Waals surface area contributed by atoms with Gasteiger partial charge in [-0.05, 0) is 44.4 Å². The van der Waals surface area contributed by atoms with Gasteiger partial charge in [0.2, 0.25) is 0 Å². The second-order valence-electron chi connectivity index (χ2n) is 4.67. The van der Waals surface area contributed by atoms with Gasteiger partial charge in [0.25, 0.3) is 0 Å². The Morgan fingerprint density at radius 1 is 1.22 bits per heavy atom. The summed E-state index contributed by atoms with van der Waals surface area (Å²) in [5.74, 6) is -0.253. The summed E-state index contributed by atoms with van der Waals surface area (Å²) >= 11 is 0. The van der Waals surface area contributed by atoms with Gasteiger partial charge < -0.3 is 0 Å². The van der Waals surface area contributed by atoms with E-state index in [0.717, 1.165) is 11.1 Å². The van der Waals surface area contributed by atoms with E-state index in [4.69, 9.17) is 0 Å². The van der Waals surface area contributed by atoms with Gasteiger partial charge in [0.15, 0.2) is 15.6 Å². The van der Waals surface area contributed by atoms with Gasteiger partial charge in [0, 0.05) is 5.56 Å². The van der Waals surface area contributed by atoms with Gasteiger partial charge in [0.1, 0.15) is 5.25 Å². The Balaban J connectivity index is 3.04. The largest absolute Gasteiger partial charge is 0.293 e. The predicted molar refractivity (Wildman–Crippen MR) is 73.8 cm³/mol. The number of Topliss-reactive ketones (excluding diaryl/α,β-unsaturated/α-hetero) is 1. The number of aryl methyl sites for hydroxylation is 2. The van der Waals surface area contributed by atoms with Crippen LogP contribution in [0.1, 0.15) is 41.8 Å². The van der Waals surface area contributed by atoms with Crippen LogP contribution < -0.4 is 0 Å². The highest BCUT2D eigenvalue weighted by molar-refractivity contribution is 7.92. The van der Waals surface area contributed by atoms with Crippen molar-refractivity contribution in [3.05, 3.63) is 34.9 Å². The zero-order valence-corrected chi connectivity index (χ0v) is 12.2. The zero-order chi connectivity index (χ0) is 13.9. The topological polar surface area (TPSA) is 51.2 Å². The summed E-state index contributed by atoms with van der Waals surface area (Å²) in [5, 5.41) is -0.959. The monoisotopic (exact) mass is 268 g/mol. The molecule has 0 saturated heterocycles. The lowest BCUT2D eigenvalue weighted by atomic mass is 10.0. The van der Waals surface area contributed by atoms with Gasteiger partial charge in [-0.3, -0.25) is 4.79 Å². The van der Waals surface area contributed by atoms with Gasteiger partial charge in [0.05, 0.1) is 5.75 Å². The smallest absolute Gasteiger partial charge is 0.180 e. The van der Waals surface area contributed by atoms with Crippen LogP contribution in [0.25, 0.3) is 0 Å². The zero-order valence-electron chi connectivity index (χ0n) is 11.4. The van der Waals surface area contributed by atoms with Crippen molar-refractivity contribution >= 4 is 15.6 Å². The molecule has 0 N–H and O–H groups in total. The molecule has 0 radical (unpaired) electrons. The normalized spacial score (nSPS) is 13.3. The number of carbonyl (C=O) groups excluding carboxylic acids is 1. The first-order valence-corrected chi connectivity index (χ1v) is 7.84. The molecule has 0 heterocycles. The average Bonchev–Trinajstić information content (AvgIpc) is 2.30. The summed E-state index contributed by atoms with van der Waals surface area (Å²) in [6.45, 7) is 7.14. The minimum Gasteiger partial charge on any atom is -0.293 e. The molecule has 1 atom stereocenters. The van der Waals surface area contributed by atoms with E-state index in [0.29, 0.717) is 12.0 Å². The van der Waals surface area contributed by atoms with Crippen molar-refractivity contribution in [3.63, 3.8) is 0 Å². The molecule has 0 fully saturated rings. The number of hydrogen-bond acceptors (Lipinski definition) is 3. The Labute approximate surface area is 109 Å². The third-order valence-electron chi connectivity index (χ3n) is 3.19. The van der Waals surface area contributed by atoms with Gasteiger partial charge >= 0.3 is 0 Å². The first kappa shape index (κ1) is 14.9. The SMILES string of the molecule is CCCS(=O)(=O)C(C)C(=O)c1ccc(C)c(C)c1. The van der Waals surface area contributed by atoms with Gasteiger partial charge in [-0.2, -0.15) is 0 Å². The summed E-state index contributed by atoms with van der Waals surface area (Å²) in [7, 11) is -3.33. The molecule has 4 heteroatoms. The Hall–Kier alpha value is -1.16. The van der Waals surface area contributed by atoms with E-state index in [-0.39, 0.29) is 11.5 Å². The Kier molecular flexibility index (Phi) is 4.68. The summed E-state index contributed by atoms with van der Waals surface area (Å²) in [4.78, 5) is 12.2. The van der Waals surface area contributed by atoms with Crippen LogP contribution >= 0.6 is 0 Å². The minimum atomic E-state index is -3.33. The molecular weight excluding hydrogens is 248 g/mol. The number of hydrogen-bond donors (Lipinski definition) is 0. The first-order chi connectivity index (χ1) is 8.29. The highest BCUT2D eigenvalue weighted by Gasteiger charge is 2.27. The van der Waals surface area contributed by atoms with Crippen LogP contribution in [-0.4, -0.2) is 25.2 Å². The van der Waals surface area contributed by atoms with Gasteiger partial charge in [-0.15, -0.1) is 0 Å². The fraction of sp³-hybridized carbons (Fsp3) is 0.500. The quantitative estimate of drug-likeness (QED) is 0.771. The number of rotatable bonds is 5. The number of carbonyl (C=O) groups is 1. The van der Waals surface area contributed by atoms with Crippen LogP contribution in [0.5, 0.6) is 0 Å². The highest BCUT2D eigenvalue weighted by Crippen LogP contribution is 2.15. The highest BCUT2D eigenvalue weighted by atomic mass is 32.2. The molecule has 0 spiro atoms. The van der Waals surface area contributed by atoms with E-state index in [1.165, 1.54) is 6.92 Å². The Bertz CT molecular complexity index is 544. The van der Waals surface area contributed by atoms with Crippen molar-refractivity contribution in [2.24, 2.45) is 0 Å². The molecule has 0 saturated carbocycles. The molecule has 0 amide bonds. The second kappa shape index (κ2) is 5.65. The second-order valence-corrected chi connectivity index (χ2v) is 7.11. The third kappa shape index (κ3) is 3.19. The summed E-state index contributed by atoms with van der Waals surface area (Å²) in [6.07, 6.45) is 0.535. The Morgan fingerprint density at radius 3 is 2.33 bits per heavy atom. The van der Waals surface area contributed by atoms with Crippen LogP contribution in [-0.2, 0) is 9.84 Å². The van der Waals surface area contributed by atoms with Crippen molar-refractivity contribution in [2.45, 2.75) is 39.4 Å². The van der Waals surface area contributed by atoms with E-state index >= 15 is 0 Å². The lowest BCUT2D eigenvalue weighted by Gasteiger charge is -2.12. The number of sulfone groups is 1. The summed E-state index contributed by atoms with van der Waals surface area (Å²) in [5.41, 5.74) is 2.57. The molecule has 0 bridgehead atoms. The van der Waals surface area contributed by atoms with Crippen LogP contribution in [0.4, 0.5) is 0 Å². The van der Waals surface area contributed by atoms with Crippen LogP contribution in [0.3, 0.4) is 0 Å². The molecule has 1 unspecified atom stereocenters.